The second-order valence-corrected chi connectivity index (χ2v) is 7.04. The standard InChI is InChI=1S/C19H14N2O3S/c22-14-8-11-4-1-2-5-12(11)17(14)21-10-20-18-16(19(21)23)13(9-25-18)15-6-3-7-24-15/h1-7,9-10,14,17,22H,8H2/t14-,17+/m0/s1. The normalized spacial score (nSPS) is 19.4. The van der Waals surface area contributed by atoms with Crippen LogP contribution >= 0.6 is 11.3 Å². The number of aromatic nitrogens is 2. The van der Waals surface area contributed by atoms with Crippen molar-refractivity contribution in [3.05, 3.63) is 75.8 Å². The third kappa shape index (κ3) is 2.11. The molecule has 1 aliphatic carbocycles. The van der Waals surface area contributed by atoms with Crippen molar-refractivity contribution in [2.45, 2.75) is 18.6 Å². The minimum absolute atomic E-state index is 0.154. The van der Waals surface area contributed by atoms with Crippen molar-refractivity contribution in [1.29, 1.82) is 0 Å². The molecule has 25 heavy (non-hydrogen) atoms. The summed E-state index contributed by atoms with van der Waals surface area (Å²) in [4.78, 5) is 18.4. The van der Waals surface area contributed by atoms with Crippen LogP contribution in [0.4, 0.5) is 0 Å². The third-order valence-electron chi connectivity index (χ3n) is 4.77. The highest BCUT2D eigenvalue weighted by Crippen LogP contribution is 2.35. The van der Waals surface area contributed by atoms with Gasteiger partial charge in [-0.1, -0.05) is 24.3 Å². The minimum Gasteiger partial charge on any atom is -0.464 e. The van der Waals surface area contributed by atoms with E-state index in [1.54, 1.807) is 23.2 Å². The molecule has 0 radical (unpaired) electrons. The lowest BCUT2D eigenvalue weighted by molar-refractivity contribution is 0.142. The van der Waals surface area contributed by atoms with Crippen LogP contribution < -0.4 is 5.56 Å². The summed E-state index contributed by atoms with van der Waals surface area (Å²) in [6.07, 6.45) is 3.04. The summed E-state index contributed by atoms with van der Waals surface area (Å²) < 4.78 is 7.02. The molecule has 5 rings (SSSR count). The molecule has 3 aromatic heterocycles. The highest BCUT2D eigenvalue weighted by Gasteiger charge is 2.33. The summed E-state index contributed by atoms with van der Waals surface area (Å²) in [5, 5.41) is 13.0. The van der Waals surface area contributed by atoms with Gasteiger partial charge in [0.15, 0.2) is 0 Å². The topological polar surface area (TPSA) is 68.3 Å². The number of hydrogen-bond donors (Lipinski definition) is 1. The maximum atomic E-state index is 13.2. The first-order chi connectivity index (χ1) is 12.2. The van der Waals surface area contributed by atoms with Crippen LogP contribution in [0.5, 0.6) is 0 Å². The van der Waals surface area contributed by atoms with Crippen molar-refractivity contribution < 1.29 is 9.52 Å². The molecular weight excluding hydrogens is 336 g/mol. The van der Waals surface area contributed by atoms with Gasteiger partial charge in [0.25, 0.3) is 5.56 Å². The van der Waals surface area contributed by atoms with Gasteiger partial charge in [-0.15, -0.1) is 11.3 Å². The Hall–Kier alpha value is -2.70. The molecule has 1 aliphatic rings. The fraction of sp³-hybridized carbons (Fsp3) is 0.158. The number of hydrogen-bond acceptors (Lipinski definition) is 5. The molecule has 4 aromatic rings. The van der Waals surface area contributed by atoms with E-state index in [0.717, 1.165) is 16.7 Å². The quantitative estimate of drug-likeness (QED) is 0.603. The van der Waals surface area contributed by atoms with Gasteiger partial charge in [0.1, 0.15) is 10.6 Å². The molecule has 0 saturated heterocycles. The predicted molar refractivity (Wildman–Crippen MR) is 95.9 cm³/mol. The first-order valence-electron chi connectivity index (χ1n) is 8.02. The van der Waals surface area contributed by atoms with Crippen LogP contribution in [-0.4, -0.2) is 20.8 Å². The van der Waals surface area contributed by atoms with Crippen molar-refractivity contribution in [2.75, 3.05) is 0 Å². The summed E-state index contributed by atoms with van der Waals surface area (Å²) in [7, 11) is 0. The van der Waals surface area contributed by atoms with Crippen molar-refractivity contribution >= 4 is 21.6 Å². The van der Waals surface area contributed by atoms with Gasteiger partial charge in [0.2, 0.25) is 0 Å². The van der Waals surface area contributed by atoms with Crippen LogP contribution in [0.2, 0.25) is 0 Å². The van der Waals surface area contributed by atoms with E-state index < -0.39 is 12.1 Å². The molecule has 3 heterocycles. The molecule has 0 saturated carbocycles. The second-order valence-electron chi connectivity index (χ2n) is 6.18. The van der Waals surface area contributed by atoms with Crippen LogP contribution in [0.15, 0.2) is 63.6 Å². The molecule has 1 aromatic carbocycles. The van der Waals surface area contributed by atoms with Gasteiger partial charge in [-0.25, -0.2) is 4.98 Å². The second kappa shape index (κ2) is 5.40. The van der Waals surface area contributed by atoms with Crippen molar-refractivity contribution in [1.82, 2.24) is 9.55 Å². The van der Waals surface area contributed by atoms with Crippen LogP contribution in [0.3, 0.4) is 0 Å². The molecule has 0 spiro atoms. The third-order valence-corrected chi connectivity index (χ3v) is 5.66. The summed E-state index contributed by atoms with van der Waals surface area (Å²) >= 11 is 1.42. The molecule has 0 fully saturated rings. The van der Waals surface area contributed by atoms with E-state index in [1.165, 1.54) is 11.3 Å². The fourth-order valence-electron chi connectivity index (χ4n) is 3.64. The molecule has 2 atom stereocenters. The zero-order valence-corrected chi connectivity index (χ0v) is 13.9. The summed E-state index contributed by atoms with van der Waals surface area (Å²) in [5.74, 6) is 0.648. The van der Waals surface area contributed by atoms with Crippen molar-refractivity contribution in [3.63, 3.8) is 0 Å². The van der Waals surface area contributed by atoms with Crippen molar-refractivity contribution in [2.24, 2.45) is 0 Å². The van der Waals surface area contributed by atoms with Gasteiger partial charge in [0.05, 0.1) is 30.1 Å². The first-order valence-corrected chi connectivity index (χ1v) is 8.90. The Balaban J connectivity index is 1.75. The van der Waals surface area contributed by atoms with Crippen LogP contribution in [-0.2, 0) is 6.42 Å². The lowest BCUT2D eigenvalue weighted by atomic mass is 10.1. The molecule has 0 bridgehead atoms. The van der Waals surface area contributed by atoms with E-state index in [1.807, 2.05) is 35.7 Å². The van der Waals surface area contributed by atoms with E-state index >= 15 is 0 Å². The smallest absolute Gasteiger partial charge is 0.263 e. The number of aliphatic hydroxyl groups excluding tert-OH is 1. The van der Waals surface area contributed by atoms with E-state index in [-0.39, 0.29) is 5.56 Å². The summed E-state index contributed by atoms with van der Waals surface area (Å²) in [6, 6.07) is 11.1. The zero-order valence-electron chi connectivity index (χ0n) is 13.1. The average molecular weight is 350 g/mol. The number of fused-ring (bicyclic) bond motifs is 2. The number of nitrogens with zero attached hydrogens (tertiary/aromatic N) is 2. The van der Waals surface area contributed by atoms with Gasteiger partial charge in [0, 0.05) is 17.4 Å². The van der Waals surface area contributed by atoms with Gasteiger partial charge in [-0.05, 0) is 23.3 Å². The Morgan fingerprint density at radius 3 is 2.96 bits per heavy atom. The maximum Gasteiger partial charge on any atom is 0.263 e. The number of benzene rings is 1. The van der Waals surface area contributed by atoms with Gasteiger partial charge in [-0.2, -0.15) is 0 Å². The lowest BCUT2D eigenvalue weighted by Crippen LogP contribution is -2.31. The molecule has 6 heteroatoms. The molecule has 1 N–H and O–H groups in total. The Morgan fingerprint density at radius 2 is 2.12 bits per heavy atom. The van der Waals surface area contributed by atoms with Crippen molar-refractivity contribution in [3.8, 4) is 11.3 Å². The molecular formula is C19H14N2O3S. The largest absolute Gasteiger partial charge is 0.464 e. The maximum absolute atomic E-state index is 13.2. The number of aliphatic hydroxyl groups is 1. The van der Waals surface area contributed by atoms with E-state index in [4.69, 9.17) is 4.42 Å². The summed E-state index contributed by atoms with van der Waals surface area (Å²) in [6.45, 7) is 0. The van der Waals surface area contributed by atoms with Crippen LogP contribution in [0, 0.1) is 0 Å². The predicted octanol–water partition coefficient (Wildman–Crippen LogP) is 3.22. The first kappa shape index (κ1) is 14.6. The van der Waals surface area contributed by atoms with Gasteiger partial charge >= 0.3 is 0 Å². The number of thiophene rings is 1. The number of rotatable bonds is 2. The Morgan fingerprint density at radius 1 is 1.24 bits per heavy atom. The van der Waals surface area contributed by atoms with E-state index in [2.05, 4.69) is 4.98 Å². The molecule has 0 amide bonds. The number of furan rings is 1. The Labute approximate surface area is 146 Å². The molecule has 5 nitrogen and oxygen atoms in total. The fourth-order valence-corrected chi connectivity index (χ4v) is 4.53. The highest BCUT2D eigenvalue weighted by atomic mass is 32.1. The SMILES string of the molecule is O=c1c2c(-c3ccco3)csc2ncn1[C@@H]1c2ccccc2C[C@@H]1O. The highest BCUT2D eigenvalue weighted by molar-refractivity contribution is 7.17. The van der Waals surface area contributed by atoms with E-state index in [0.29, 0.717) is 22.4 Å². The lowest BCUT2D eigenvalue weighted by Gasteiger charge is -2.18. The monoisotopic (exact) mass is 350 g/mol. The zero-order chi connectivity index (χ0) is 17.0. The molecule has 124 valence electrons. The van der Waals surface area contributed by atoms with Gasteiger partial charge < -0.3 is 9.52 Å². The minimum atomic E-state index is -0.639. The Bertz CT molecular complexity index is 1130. The Kier molecular flexibility index (Phi) is 3.16. The summed E-state index contributed by atoms with van der Waals surface area (Å²) in [5.41, 5.74) is 2.65. The average Bonchev–Trinajstić information content (AvgIpc) is 3.32. The van der Waals surface area contributed by atoms with Gasteiger partial charge in [-0.3, -0.25) is 9.36 Å². The van der Waals surface area contributed by atoms with E-state index in [9.17, 15) is 9.90 Å². The molecule has 0 aliphatic heterocycles. The van der Waals surface area contributed by atoms with Crippen LogP contribution in [0.1, 0.15) is 17.2 Å². The van der Waals surface area contributed by atoms with Crippen LogP contribution in [0.25, 0.3) is 21.5 Å². The molecule has 0 unspecified atom stereocenters.